The van der Waals surface area contributed by atoms with E-state index in [0.717, 1.165) is 38.9 Å². The van der Waals surface area contributed by atoms with E-state index in [4.69, 9.17) is 4.74 Å². The van der Waals surface area contributed by atoms with Crippen LogP contribution < -0.4 is 5.32 Å². The number of hydrogen-bond acceptors (Lipinski definition) is 3. The van der Waals surface area contributed by atoms with Gasteiger partial charge in [-0.15, -0.1) is 0 Å². The van der Waals surface area contributed by atoms with Crippen LogP contribution in [0.1, 0.15) is 0 Å². The van der Waals surface area contributed by atoms with Crippen molar-refractivity contribution < 1.29 is 13.5 Å². The molecule has 17 heavy (non-hydrogen) atoms. The average Bonchev–Trinajstić information content (AvgIpc) is 2.33. The molecule has 0 atom stereocenters. The lowest BCUT2D eigenvalue weighted by molar-refractivity contribution is 0.0398. The van der Waals surface area contributed by atoms with Crippen LogP contribution in [0.15, 0.2) is 18.2 Å². The summed E-state index contributed by atoms with van der Waals surface area (Å²) in [7, 11) is 0. The second-order valence-corrected chi connectivity index (χ2v) is 4.00. The zero-order valence-electron chi connectivity index (χ0n) is 9.59. The molecule has 0 radical (unpaired) electrons. The third-order valence-corrected chi connectivity index (χ3v) is 2.78. The zero-order chi connectivity index (χ0) is 12.1. The minimum Gasteiger partial charge on any atom is -0.381 e. The van der Waals surface area contributed by atoms with Crippen LogP contribution in [0, 0.1) is 11.6 Å². The maximum Gasteiger partial charge on any atom is 0.149 e. The van der Waals surface area contributed by atoms with Gasteiger partial charge in [0, 0.05) is 32.2 Å². The number of hydrogen-bond donors (Lipinski definition) is 1. The van der Waals surface area contributed by atoms with Crippen molar-refractivity contribution in [2.24, 2.45) is 0 Å². The summed E-state index contributed by atoms with van der Waals surface area (Å²) in [6.07, 6.45) is 0. The molecule has 2 rings (SSSR count). The topological polar surface area (TPSA) is 24.5 Å². The van der Waals surface area contributed by atoms with Gasteiger partial charge in [0.05, 0.1) is 18.9 Å². The highest BCUT2D eigenvalue weighted by atomic mass is 19.1. The minimum atomic E-state index is -0.554. The third kappa shape index (κ3) is 3.64. The summed E-state index contributed by atoms with van der Waals surface area (Å²) >= 11 is 0. The Labute approximate surface area is 99.4 Å². The Hall–Kier alpha value is -1.20. The van der Waals surface area contributed by atoms with Crippen LogP contribution in [0.5, 0.6) is 0 Å². The molecule has 0 amide bonds. The van der Waals surface area contributed by atoms with Crippen molar-refractivity contribution in [2.45, 2.75) is 0 Å². The molecular weight excluding hydrogens is 226 g/mol. The second kappa shape index (κ2) is 5.93. The fourth-order valence-corrected chi connectivity index (χ4v) is 1.81. The molecule has 1 aliphatic rings. The van der Waals surface area contributed by atoms with Gasteiger partial charge in [-0.25, -0.2) is 8.78 Å². The number of nitrogens with one attached hydrogen (secondary N) is 1. The van der Waals surface area contributed by atoms with Gasteiger partial charge in [0.1, 0.15) is 11.6 Å². The van der Waals surface area contributed by atoms with Crippen molar-refractivity contribution in [1.82, 2.24) is 4.90 Å². The van der Waals surface area contributed by atoms with E-state index in [1.807, 2.05) is 0 Å². The number of ether oxygens (including phenoxy) is 1. The van der Waals surface area contributed by atoms with Crippen molar-refractivity contribution >= 4 is 5.69 Å². The number of rotatable bonds is 4. The molecule has 1 saturated heterocycles. The Morgan fingerprint density at radius 3 is 2.71 bits per heavy atom. The van der Waals surface area contributed by atoms with Gasteiger partial charge >= 0.3 is 0 Å². The van der Waals surface area contributed by atoms with Crippen LogP contribution in [0.3, 0.4) is 0 Å². The third-order valence-electron chi connectivity index (χ3n) is 2.78. The van der Waals surface area contributed by atoms with E-state index < -0.39 is 11.6 Å². The first-order valence-corrected chi connectivity index (χ1v) is 5.75. The van der Waals surface area contributed by atoms with E-state index in [1.54, 1.807) is 0 Å². The van der Waals surface area contributed by atoms with Crippen LogP contribution in [-0.4, -0.2) is 44.3 Å². The highest BCUT2D eigenvalue weighted by Gasteiger charge is 2.09. The summed E-state index contributed by atoms with van der Waals surface area (Å²) in [6, 6.07) is 3.56. The second-order valence-electron chi connectivity index (χ2n) is 4.00. The number of halogens is 2. The monoisotopic (exact) mass is 242 g/mol. The van der Waals surface area contributed by atoms with E-state index >= 15 is 0 Å². The Bertz CT molecular complexity index is 368. The van der Waals surface area contributed by atoms with Gasteiger partial charge < -0.3 is 10.1 Å². The van der Waals surface area contributed by atoms with Gasteiger partial charge in [0.25, 0.3) is 0 Å². The average molecular weight is 242 g/mol. The summed E-state index contributed by atoms with van der Waals surface area (Å²) in [5.41, 5.74) is 0.347. The van der Waals surface area contributed by atoms with Crippen molar-refractivity contribution in [3.05, 3.63) is 29.8 Å². The van der Waals surface area contributed by atoms with Crippen molar-refractivity contribution in [3.63, 3.8) is 0 Å². The first-order chi connectivity index (χ1) is 8.25. The fraction of sp³-hybridized carbons (Fsp3) is 0.500. The normalized spacial score (nSPS) is 17.1. The standard InChI is InChI=1S/C12H16F2N2O/c13-10-1-2-12(11(14)9-10)15-3-4-16-5-7-17-8-6-16/h1-2,9,15H,3-8H2. The molecule has 1 fully saturated rings. The molecule has 0 aliphatic carbocycles. The van der Waals surface area contributed by atoms with E-state index in [-0.39, 0.29) is 0 Å². The molecule has 3 nitrogen and oxygen atoms in total. The van der Waals surface area contributed by atoms with Crippen LogP contribution in [-0.2, 0) is 4.74 Å². The molecule has 1 aliphatic heterocycles. The summed E-state index contributed by atoms with van der Waals surface area (Å²) in [5, 5.41) is 2.96. The molecule has 5 heteroatoms. The van der Waals surface area contributed by atoms with Gasteiger partial charge in [-0.3, -0.25) is 4.90 Å². The highest BCUT2D eigenvalue weighted by molar-refractivity contribution is 5.44. The van der Waals surface area contributed by atoms with Gasteiger partial charge in [0.2, 0.25) is 0 Å². The van der Waals surface area contributed by atoms with Crippen molar-refractivity contribution in [2.75, 3.05) is 44.7 Å². The van der Waals surface area contributed by atoms with Gasteiger partial charge in [-0.2, -0.15) is 0 Å². The van der Waals surface area contributed by atoms with Crippen LogP contribution in [0.4, 0.5) is 14.5 Å². The van der Waals surface area contributed by atoms with E-state index in [1.165, 1.54) is 12.1 Å². The summed E-state index contributed by atoms with van der Waals surface area (Å²) < 4.78 is 31.2. The molecule has 0 aromatic heterocycles. The summed E-state index contributed by atoms with van der Waals surface area (Å²) in [6.45, 7) is 4.81. The van der Waals surface area contributed by atoms with Crippen molar-refractivity contribution in [1.29, 1.82) is 0 Å². The molecule has 1 N–H and O–H groups in total. The van der Waals surface area contributed by atoms with Crippen LogP contribution in [0.25, 0.3) is 0 Å². The molecule has 94 valence electrons. The number of morpholine rings is 1. The van der Waals surface area contributed by atoms with E-state index in [2.05, 4.69) is 10.2 Å². The lowest BCUT2D eigenvalue weighted by atomic mass is 10.3. The number of benzene rings is 1. The van der Waals surface area contributed by atoms with E-state index in [0.29, 0.717) is 12.2 Å². The molecular formula is C12H16F2N2O. The first kappa shape index (κ1) is 12.3. The molecule has 0 spiro atoms. The SMILES string of the molecule is Fc1ccc(NCCN2CCOCC2)c(F)c1. The lowest BCUT2D eigenvalue weighted by Crippen LogP contribution is -2.39. The predicted octanol–water partition coefficient (Wildman–Crippen LogP) is 1.71. The number of nitrogens with zero attached hydrogens (tertiary/aromatic N) is 1. The Morgan fingerprint density at radius 2 is 2.00 bits per heavy atom. The van der Waals surface area contributed by atoms with Crippen LogP contribution in [0.2, 0.25) is 0 Å². The first-order valence-electron chi connectivity index (χ1n) is 5.75. The highest BCUT2D eigenvalue weighted by Crippen LogP contribution is 2.14. The van der Waals surface area contributed by atoms with Crippen molar-refractivity contribution in [3.8, 4) is 0 Å². The maximum atomic E-state index is 13.3. The van der Waals surface area contributed by atoms with Crippen LogP contribution >= 0.6 is 0 Å². The Balaban J connectivity index is 1.77. The largest absolute Gasteiger partial charge is 0.381 e. The smallest absolute Gasteiger partial charge is 0.149 e. The number of anilines is 1. The zero-order valence-corrected chi connectivity index (χ0v) is 9.59. The van der Waals surface area contributed by atoms with E-state index in [9.17, 15) is 8.78 Å². The molecule has 0 unspecified atom stereocenters. The summed E-state index contributed by atoms with van der Waals surface area (Å²) in [4.78, 5) is 2.25. The minimum absolute atomic E-state index is 0.347. The fourth-order valence-electron chi connectivity index (χ4n) is 1.81. The van der Waals surface area contributed by atoms with Gasteiger partial charge in [0.15, 0.2) is 0 Å². The lowest BCUT2D eigenvalue weighted by Gasteiger charge is -2.26. The maximum absolute atomic E-state index is 13.3. The molecule has 1 aromatic carbocycles. The Morgan fingerprint density at radius 1 is 1.24 bits per heavy atom. The predicted molar refractivity (Wildman–Crippen MR) is 62.1 cm³/mol. The summed E-state index contributed by atoms with van der Waals surface area (Å²) in [5.74, 6) is -1.10. The van der Waals surface area contributed by atoms with Gasteiger partial charge in [-0.05, 0) is 12.1 Å². The van der Waals surface area contributed by atoms with Gasteiger partial charge in [-0.1, -0.05) is 0 Å². The molecule has 0 saturated carbocycles. The molecule has 1 heterocycles. The quantitative estimate of drug-likeness (QED) is 0.870. The molecule has 1 aromatic rings. The Kier molecular flexibility index (Phi) is 4.28. The molecule has 0 bridgehead atoms.